The smallest absolute Gasteiger partial charge is 0.413 e. The molecule has 10 rings (SSSR count). The van der Waals surface area contributed by atoms with E-state index in [0.717, 1.165) is 44.8 Å². The second-order valence-electron chi connectivity index (χ2n) is 14.4. The minimum atomic E-state index is -4.57. The Morgan fingerprint density at radius 3 is 1.40 bits per heavy atom. The molecule has 6 aromatic carbocycles. The van der Waals surface area contributed by atoms with Gasteiger partial charge in [0.25, 0.3) is 12.7 Å². The average Bonchev–Trinajstić information content (AvgIpc) is 4.03. The standard InChI is InChI=1S/2C21H17N2.C8H4F3N4.Ir/c2*1-16-7-11-18(12-8-16)22-15-23(19-13-9-17(2)10-14-19)21-6-4-3-5-20(21)22;9-8(10,11)7-13-6(14-15-7)5-3-1-2-4-12-5;/h2*3-13H,1-2H3;1-4H;/q3*-1;. The fourth-order valence-corrected chi connectivity index (χ4v) is 6.48. The van der Waals surface area contributed by atoms with Crippen molar-refractivity contribution in [3.8, 4) is 34.3 Å². The zero-order valence-electron chi connectivity index (χ0n) is 34.1. The molecule has 4 heterocycles. The second-order valence-corrected chi connectivity index (χ2v) is 14.4. The van der Waals surface area contributed by atoms with E-state index in [1.54, 1.807) is 12.1 Å². The van der Waals surface area contributed by atoms with E-state index in [1.807, 2.05) is 12.1 Å². The first-order chi connectivity index (χ1) is 29.5. The molecule has 0 unspecified atom stereocenters. The molecule has 0 aliphatic rings. The Kier molecular flexibility index (Phi) is 13.0. The number of para-hydroxylation sites is 4. The van der Waals surface area contributed by atoms with Crippen LogP contribution in [0.25, 0.3) is 56.3 Å². The van der Waals surface area contributed by atoms with Crippen molar-refractivity contribution >= 4 is 22.1 Å². The molecular weight excluding hydrogens is 962 g/mol. The van der Waals surface area contributed by atoms with E-state index in [0.29, 0.717) is 0 Å². The fourth-order valence-electron chi connectivity index (χ4n) is 6.48. The number of hydrogen-bond acceptors (Lipinski definition) is 3. The number of imidazole rings is 2. The van der Waals surface area contributed by atoms with Gasteiger partial charge in [-0.3, -0.25) is 19.2 Å². The largest absolute Gasteiger partial charge is 0.429 e. The van der Waals surface area contributed by atoms with Crippen molar-refractivity contribution in [2.24, 2.45) is 0 Å². The van der Waals surface area contributed by atoms with Crippen LogP contribution in [0.5, 0.6) is 0 Å². The molecule has 10 aromatic rings. The maximum atomic E-state index is 12.1. The van der Waals surface area contributed by atoms with Gasteiger partial charge in [-0.05, 0) is 67.4 Å². The first kappa shape index (κ1) is 43.1. The number of halogens is 3. The molecule has 4 aromatic heterocycles. The van der Waals surface area contributed by atoms with Crippen LogP contribution in [0, 0.1) is 52.5 Å². The van der Waals surface area contributed by atoms with Crippen molar-refractivity contribution in [1.82, 2.24) is 29.3 Å². The number of benzene rings is 6. The van der Waals surface area contributed by atoms with Gasteiger partial charge >= 0.3 is 6.18 Å². The number of fused-ring (bicyclic) bond motifs is 2. The molecule has 12 heteroatoms. The van der Waals surface area contributed by atoms with Crippen molar-refractivity contribution in [3.05, 3.63) is 211 Å². The molecule has 8 nitrogen and oxygen atoms in total. The monoisotopic (exact) mass is 1000 g/mol. The van der Waals surface area contributed by atoms with Crippen LogP contribution in [0.4, 0.5) is 13.2 Å². The molecular formula is C50H38F3IrN8-3. The summed E-state index contributed by atoms with van der Waals surface area (Å²) in [5.74, 6) is -1.37. The average molecular weight is 1000 g/mol. The Morgan fingerprint density at radius 1 is 0.548 bits per heavy atom. The maximum Gasteiger partial charge on any atom is 0.429 e. The predicted octanol–water partition coefficient (Wildman–Crippen LogP) is 9.76. The van der Waals surface area contributed by atoms with Crippen molar-refractivity contribution in [1.29, 1.82) is 0 Å². The quantitative estimate of drug-likeness (QED) is 0.127. The Morgan fingerprint density at radius 2 is 1.00 bits per heavy atom. The summed E-state index contributed by atoms with van der Waals surface area (Å²) in [6.07, 6.45) is 3.80. The molecule has 0 amide bonds. The minimum Gasteiger partial charge on any atom is -0.413 e. The topological polar surface area (TPSA) is 70.4 Å². The predicted molar refractivity (Wildman–Crippen MR) is 227 cm³/mol. The van der Waals surface area contributed by atoms with Gasteiger partial charge in [-0.1, -0.05) is 104 Å². The van der Waals surface area contributed by atoms with Gasteiger partial charge < -0.3 is 19.2 Å². The number of nitrogens with zero attached hydrogens (tertiary/aromatic N) is 8. The van der Waals surface area contributed by atoms with Crippen LogP contribution in [0.3, 0.4) is 0 Å². The summed E-state index contributed by atoms with van der Waals surface area (Å²) in [6, 6.07) is 57.6. The van der Waals surface area contributed by atoms with E-state index in [9.17, 15) is 13.2 Å². The molecule has 0 aliphatic carbocycles. The molecule has 0 saturated carbocycles. The first-order valence-electron chi connectivity index (χ1n) is 19.4. The number of aromatic nitrogens is 8. The Bertz CT molecular complexity index is 2700. The van der Waals surface area contributed by atoms with Gasteiger partial charge in [0, 0.05) is 26.3 Å². The third kappa shape index (κ3) is 9.62. The van der Waals surface area contributed by atoms with Crippen molar-refractivity contribution < 1.29 is 42.4 Å². The third-order valence-electron chi connectivity index (χ3n) is 9.70. The normalized spacial score (nSPS) is 11.0. The molecule has 0 atom stereocenters. The summed E-state index contributed by atoms with van der Waals surface area (Å²) in [7, 11) is 0. The minimum absolute atomic E-state index is 0. The Hall–Kier alpha value is -7.01. The third-order valence-corrected chi connectivity index (χ3v) is 9.70. The SMILES string of the molecule is Cc1c[c-]c(-n2[c-][n+](-c3ccc(C)cc3)c3ccccc32)cc1.Cc1c[c-]c(-n2[c-][n+](-c3ccc(C)cc3)c3ccccc32)cc1.FC(F)(F)c1n[n-]c(-c2ccccn2)n1.[Ir]. The van der Waals surface area contributed by atoms with Crippen LogP contribution >= 0.6 is 0 Å². The molecule has 0 fully saturated rings. The van der Waals surface area contributed by atoms with E-state index < -0.39 is 12.0 Å². The van der Waals surface area contributed by atoms with Gasteiger partial charge in [-0.2, -0.15) is 72.8 Å². The van der Waals surface area contributed by atoms with Crippen LogP contribution < -0.4 is 14.2 Å². The molecule has 62 heavy (non-hydrogen) atoms. The Balaban J connectivity index is 0.000000142. The number of alkyl halides is 3. The summed E-state index contributed by atoms with van der Waals surface area (Å²) in [6.45, 7) is 8.35. The molecule has 0 saturated heterocycles. The van der Waals surface area contributed by atoms with Crippen LogP contribution in [0.1, 0.15) is 28.1 Å². The van der Waals surface area contributed by atoms with Crippen LogP contribution in [-0.2, 0) is 26.3 Å². The van der Waals surface area contributed by atoms with Crippen LogP contribution in [-0.4, -0.2) is 24.2 Å². The summed E-state index contributed by atoms with van der Waals surface area (Å²) in [4.78, 5) is 7.05. The van der Waals surface area contributed by atoms with Gasteiger partial charge in [-0.15, -0.1) is 0 Å². The molecule has 0 spiro atoms. The summed E-state index contributed by atoms with van der Waals surface area (Å²) >= 11 is 0. The summed E-state index contributed by atoms with van der Waals surface area (Å²) in [5, 5.41) is 6.25. The van der Waals surface area contributed by atoms with Gasteiger partial charge in [0.05, 0.1) is 39.1 Å². The van der Waals surface area contributed by atoms with E-state index in [2.05, 4.69) is 212 Å². The van der Waals surface area contributed by atoms with Crippen LogP contribution in [0.15, 0.2) is 158 Å². The number of aryl methyl sites for hydroxylation is 4. The summed E-state index contributed by atoms with van der Waals surface area (Å²) < 4.78 is 44.7. The number of pyridine rings is 1. The second kappa shape index (κ2) is 18.7. The first-order valence-corrected chi connectivity index (χ1v) is 19.4. The van der Waals surface area contributed by atoms with E-state index in [4.69, 9.17) is 0 Å². The fraction of sp³-hybridized carbons (Fsp3) is 0.100. The van der Waals surface area contributed by atoms with E-state index >= 15 is 0 Å². The maximum absolute atomic E-state index is 12.1. The Labute approximate surface area is 371 Å². The zero-order valence-corrected chi connectivity index (χ0v) is 36.5. The van der Waals surface area contributed by atoms with Gasteiger partial charge in [0.15, 0.2) is 0 Å². The zero-order chi connectivity index (χ0) is 42.5. The van der Waals surface area contributed by atoms with E-state index in [1.165, 1.54) is 34.5 Å². The van der Waals surface area contributed by atoms with Crippen molar-refractivity contribution in [3.63, 3.8) is 0 Å². The number of hydrogen-bond donors (Lipinski definition) is 0. The number of rotatable bonds is 5. The molecule has 311 valence electrons. The molecule has 0 N–H and O–H groups in total. The van der Waals surface area contributed by atoms with Gasteiger partial charge in [0.2, 0.25) is 0 Å². The van der Waals surface area contributed by atoms with E-state index in [-0.39, 0.29) is 31.6 Å². The van der Waals surface area contributed by atoms with Crippen molar-refractivity contribution in [2.75, 3.05) is 0 Å². The summed E-state index contributed by atoms with van der Waals surface area (Å²) in [5.41, 5.74) is 13.9. The van der Waals surface area contributed by atoms with Crippen LogP contribution in [0.2, 0.25) is 0 Å². The van der Waals surface area contributed by atoms with Gasteiger partial charge in [-0.25, -0.2) is 0 Å². The van der Waals surface area contributed by atoms with Gasteiger partial charge in [0.1, 0.15) is 5.82 Å². The van der Waals surface area contributed by atoms with Crippen molar-refractivity contribution in [2.45, 2.75) is 33.9 Å². The molecule has 1 radical (unpaired) electrons. The molecule has 0 bridgehead atoms. The molecule has 0 aliphatic heterocycles.